The molecule has 0 heterocycles. The maximum Gasteiger partial charge on any atom is 0.0152 e. The first-order valence-electron chi connectivity index (χ1n) is 6.55. The van der Waals surface area contributed by atoms with E-state index in [0.29, 0.717) is 10.7 Å². The highest BCUT2D eigenvalue weighted by Crippen LogP contribution is 2.31. The van der Waals surface area contributed by atoms with Gasteiger partial charge in [0.25, 0.3) is 0 Å². The van der Waals surface area contributed by atoms with E-state index in [1.54, 1.807) is 0 Å². The van der Waals surface area contributed by atoms with Gasteiger partial charge in [-0.3, -0.25) is 0 Å². The minimum Gasteiger partial charge on any atom is -0.0890 e. The second-order valence-electron chi connectivity index (χ2n) is 4.62. The molecule has 0 aromatic heterocycles. The first kappa shape index (κ1) is 13.4. The molecule has 2 aromatic rings. The standard InChI is InChI=1S/C17H19Br/c1-2-16(18)13-17(14-9-5-3-6-10-14)15-11-7-4-8-12-15/h3-12,16-17H,2,13H2,1H3. The Kier molecular flexibility index (Phi) is 5.00. The van der Waals surface area contributed by atoms with Crippen molar-refractivity contribution >= 4 is 15.9 Å². The van der Waals surface area contributed by atoms with Crippen LogP contribution in [0.2, 0.25) is 0 Å². The van der Waals surface area contributed by atoms with Crippen LogP contribution in [-0.2, 0) is 0 Å². The summed E-state index contributed by atoms with van der Waals surface area (Å²) in [6, 6.07) is 21.6. The van der Waals surface area contributed by atoms with Crippen molar-refractivity contribution in [3.05, 3.63) is 71.8 Å². The maximum absolute atomic E-state index is 3.77. The molecule has 0 aliphatic rings. The van der Waals surface area contributed by atoms with Crippen molar-refractivity contribution in [2.45, 2.75) is 30.5 Å². The number of rotatable bonds is 5. The Labute approximate surface area is 118 Å². The Morgan fingerprint density at radius 1 is 0.833 bits per heavy atom. The number of hydrogen-bond acceptors (Lipinski definition) is 0. The number of benzene rings is 2. The van der Waals surface area contributed by atoms with Crippen molar-refractivity contribution in [3.63, 3.8) is 0 Å². The fraction of sp³-hybridized carbons (Fsp3) is 0.294. The van der Waals surface area contributed by atoms with Gasteiger partial charge in [0.15, 0.2) is 0 Å². The first-order chi connectivity index (χ1) is 8.81. The predicted molar refractivity (Wildman–Crippen MR) is 82.4 cm³/mol. The van der Waals surface area contributed by atoms with Gasteiger partial charge >= 0.3 is 0 Å². The van der Waals surface area contributed by atoms with Crippen LogP contribution in [-0.4, -0.2) is 4.83 Å². The second kappa shape index (κ2) is 6.75. The average Bonchev–Trinajstić information content (AvgIpc) is 2.46. The van der Waals surface area contributed by atoms with E-state index in [-0.39, 0.29) is 0 Å². The van der Waals surface area contributed by atoms with E-state index in [2.05, 4.69) is 83.5 Å². The molecule has 1 unspecified atom stereocenters. The summed E-state index contributed by atoms with van der Waals surface area (Å²) in [5, 5.41) is 0. The molecule has 94 valence electrons. The number of halogens is 1. The van der Waals surface area contributed by atoms with Gasteiger partial charge in [-0.05, 0) is 24.0 Å². The summed E-state index contributed by atoms with van der Waals surface area (Å²) in [7, 11) is 0. The van der Waals surface area contributed by atoms with E-state index in [4.69, 9.17) is 0 Å². The lowest BCUT2D eigenvalue weighted by atomic mass is 9.87. The van der Waals surface area contributed by atoms with Crippen molar-refractivity contribution < 1.29 is 0 Å². The Bertz CT molecular complexity index is 410. The fourth-order valence-corrected chi connectivity index (χ4v) is 2.63. The van der Waals surface area contributed by atoms with Crippen LogP contribution in [0.25, 0.3) is 0 Å². The third-order valence-electron chi connectivity index (χ3n) is 3.34. The molecule has 0 aliphatic heterocycles. The summed E-state index contributed by atoms with van der Waals surface area (Å²) in [6.07, 6.45) is 2.31. The van der Waals surface area contributed by atoms with Gasteiger partial charge in [0, 0.05) is 10.7 Å². The Balaban J connectivity index is 2.29. The molecule has 0 amide bonds. The minimum absolute atomic E-state index is 0.483. The number of alkyl halides is 1. The van der Waals surface area contributed by atoms with Crippen molar-refractivity contribution in [3.8, 4) is 0 Å². The molecule has 1 atom stereocenters. The molecule has 0 spiro atoms. The lowest BCUT2D eigenvalue weighted by Gasteiger charge is -2.20. The average molecular weight is 303 g/mol. The van der Waals surface area contributed by atoms with E-state index in [0.717, 1.165) is 12.8 Å². The minimum atomic E-state index is 0.483. The molecule has 0 bridgehead atoms. The van der Waals surface area contributed by atoms with Gasteiger partial charge in [0.1, 0.15) is 0 Å². The maximum atomic E-state index is 3.77. The molecule has 2 rings (SSSR count). The molecule has 1 heteroatoms. The van der Waals surface area contributed by atoms with Crippen LogP contribution in [0, 0.1) is 0 Å². The predicted octanol–water partition coefficient (Wildman–Crippen LogP) is 5.38. The third kappa shape index (κ3) is 3.46. The largest absolute Gasteiger partial charge is 0.0890 e. The van der Waals surface area contributed by atoms with Crippen LogP contribution in [0.3, 0.4) is 0 Å². The Morgan fingerprint density at radius 3 is 1.67 bits per heavy atom. The van der Waals surface area contributed by atoms with Crippen molar-refractivity contribution in [2.24, 2.45) is 0 Å². The van der Waals surface area contributed by atoms with E-state index in [1.165, 1.54) is 11.1 Å². The molecule has 0 N–H and O–H groups in total. The normalized spacial score (nSPS) is 12.6. The van der Waals surface area contributed by atoms with Crippen LogP contribution in [0.5, 0.6) is 0 Å². The van der Waals surface area contributed by atoms with Gasteiger partial charge in [0.05, 0.1) is 0 Å². The van der Waals surface area contributed by atoms with E-state index >= 15 is 0 Å². The highest BCUT2D eigenvalue weighted by molar-refractivity contribution is 9.09. The van der Waals surface area contributed by atoms with Crippen LogP contribution >= 0.6 is 15.9 Å². The Hall–Kier alpha value is -1.08. The lowest BCUT2D eigenvalue weighted by Crippen LogP contribution is -2.07. The first-order valence-corrected chi connectivity index (χ1v) is 7.46. The van der Waals surface area contributed by atoms with Crippen molar-refractivity contribution in [1.82, 2.24) is 0 Å². The molecule has 0 nitrogen and oxygen atoms in total. The van der Waals surface area contributed by atoms with Gasteiger partial charge < -0.3 is 0 Å². The molecule has 2 aromatic carbocycles. The van der Waals surface area contributed by atoms with Gasteiger partial charge in [-0.25, -0.2) is 0 Å². The SMILES string of the molecule is CCC(Br)CC(c1ccccc1)c1ccccc1. The lowest BCUT2D eigenvalue weighted by molar-refractivity contribution is 0.673. The molecule has 18 heavy (non-hydrogen) atoms. The molecule has 0 saturated heterocycles. The third-order valence-corrected chi connectivity index (χ3v) is 4.36. The zero-order valence-corrected chi connectivity index (χ0v) is 12.3. The monoisotopic (exact) mass is 302 g/mol. The van der Waals surface area contributed by atoms with Gasteiger partial charge in [0.2, 0.25) is 0 Å². The van der Waals surface area contributed by atoms with E-state index in [1.807, 2.05) is 0 Å². The quantitative estimate of drug-likeness (QED) is 0.650. The molecule has 0 saturated carbocycles. The van der Waals surface area contributed by atoms with Crippen LogP contribution < -0.4 is 0 Å². The van der Waals surface area contributed by atoms with Crippen LogP contribution in [0.15, 0.2) is 60.7 Å². The molecule has 0 aliphatic carbocycles. The van der Waals surface area contributed by atoms with E-state index in [9.17, 15) is 0 Å². The fourth-order valence-electron chi connectivity index (χ4n) is 2.26. The summed E-state index contributed by atoms with van der Waals surface area (Å²) >= 11 is 3.77. The Morgan fingerprint density at radius 2 is 1.28 bits per heavy atom. The smallest absolute Gasteiger partial charge is 0.0152 e. The highest BCUT2D eigenvalue weighted by Gasteiger charge is 2.16. The summed E-state index contributed by atoms with van der Waals surface area (Å²) in [6.45, 7) is 2.23. The topological polar surface area (TPSA) is 0 Å². The summed E-state index contributed by atoms with van der Waals surface area (Å²) in [5.74, 6) is 0.483. The zero-order chi connectivity index (χ0) is 12.8. The molecule has 0 radical (unpaired) electrons. The van der Waals surface area contributed by atoms with Gasteiger partial charge in [-0.15, -0.1) is 0 Å². The van der Waals surface area contributed by atoms with Gasteiger partial charge in [-0.1, -0.05) is 83.5 Å². The van der Waals surface area contributed by atoms with Crippen LogP contribution in [0.1, 0.15) is 36.8 Å². The molecular weight excluding hydrogens is 284 g/mol. The van der Waals surface area contributed by atoms with Gasteiger partial charge in [-0.2, -0.15) is 0 Å². The number of hydrogen-bond donors (Lipinski definition) is 0. The summed E-state index contributed by atoms with van der Waals surface area (Å²) in [4.78, 5) is 0.572. The summed E-state index contributed by atoms with van der Waals surface area (Å²) < 4.78 is 0. The molecule has 0 fully saturated rings. The van der Waals surface area contributed by atoms with Crippen molar-refractivity contribution in [2.75, 3.05) is 0 Å². The highest BCUT2D eigenvalue weighted by atomic mass is 79.9. The zero-order valence-electron chi connectivity index (χ0n) is 10.7. The van der Waals surface area contributed by atoms with E-state index < -0.39 is 0 Å². The summed E-state index contributed by atoms with van der Waals surface area (Å²) in [5.41, 5.74) is 2.81. The van der Waals surface area contributed by atoms with Crippen molar-refractivity contribution in [1.29, 1.82) is 0 Å². The van der Waals surface area contributed by atoms with Crippen LogP contribution in [0.4, 0.5) is 0 Å². The molecular formula is C17H19Br. The second-order valence-corrected chi connectivity index (χ2v) is 5.91.